The minimum absolute atomic E-state index is 0.0324. The van der Waals surface area contributed by atoms with E-state index >= 15 is 0 Å². The summed E-state index contributed by atoms with van der Waals surface area (Å²) in [6.07, 6.45) is 8.96. The van der Waals surface area contributed by atoms with Gasteiger partial charge in [0.1, 0.15) is 6.04 Å². The Labute approximate surface area is 139 Å². The van der Waals surface area contributed by atoms with Crippen molar-refractivity contribution in [2.45, 2.75) is 64.3 Å². The fourth-order valence-corrected chi connectivity index (χ4v) is 3.95. The molecule has 5 heteroatoms. The minimum Gasteiger partial charge on any atom is -0.379 e. The summed E-state index contributed by atoms with van der Waals surface area (Å²) in [5, 5.41) is 2.92. The van der Waals surface area contributed by atoms with Gasteiger partial charge < -0.3 is 15.0 Å². The van der Waals surface area contributed by atoms with E-state index < -0.39 is 6.04 Å². The van der Waals surface area contributed by atoms with Crippen molar-refractivity contribution in [1.29, 1.82) is 0 Å². The number of hydrogen-bond acceptors (Lipinski definition) is 3. The van der Waals surface area contributed by atoms with E-state index in [9.17, 15) is 9.59 Å². The maximum absolute atomic E-state index is 12.6. The summed E-state index contributed by atoms with van der Waals surface area (Å²) in [7, 11) is 0. The zero-order valence-electron chi connectivity index (χ0n) is 14.3. The summed E-state index contributed by atoms with van der Waals surface area (Å²) >= 11 is 0. The Hall–Kier alpha value is -1.10. The Bertz CT molecular complexity index is 442. The molecule has 0 bridgehead atoms. The Morgan fingerprint density at radius 3 is 2.70 bits per heavy atom. The van der Waals surface area contributed by atoms with Crippen LogP contribution in [0.15, 0.2) is 0 Å². The highest BCUT2D eigenvalue weighted by atomic mass is 16.5. The smallest absolute Gasteiger partial charge is 0.244 e. The molecular weight excluding hydrogens is 292 g/mol. The zero-order chi connectivity index (χ0) is 16.3. The first-order valence-electron chi connectivity index (χ1n) is 9.24. The fourth-order valence-electron chi connectivity index (χ4n) is 3.95. The molecule has 3 fully saturated rings. The summed E-state index contributed by atoms with van der Waals surface area (Å²) in [4.78, 5) is 26.8. The maximum atomic E-state index is 12.6. The van der Waals surface area contributed by atoms with Gasteiger partial charge in [0.25, 0.3) is 0 Å². The third-order valence-corrected chi connectivity index (χ3v) is 5.66. The Morgan fingerprint density at radius 2 is 2.00 bits per heavy atom. The van der Waals surface area contributed by atoms with Gasteiger partial charge in [0.05, 0.1) is 13.2 Å². The van der Waals surface area contributed by atoms with E-state index in [2.05, 4.69) is 5.32 Å². The van der Waals surface area contributed by atoms with E-state index in [-0.39, 0.29) is 17.2 Å². The summed E-state index contributed by atoms with van der Waals surface area (Å²) in [6, 6.07) is -0.431. The van der Waals surface area contributed by atoms with Gasteiger partial charge in [0, 0.05) is 24.9 Å². The zero-order valence-corrected chi connectivity index (χ0v) is 14.3. The number of carbonyl (C=O) groups excluding carboxylic acids is 2. The van der Waals surface area contributed by atoms with Crippen molar-refractivity contribution in [3.05, 3.63) is 0 Å². The van der Waals surface area contributed by atoms with Crippen molar-refractivity contribution in [2.75, 3.05) is 26.3 Å². The molecule has 3 rings (SSSR count). The number of carbonyl (C=O) groups is 2. The van der Waals surface area contributed by atoms with Crippen LogP contribution in [0.2, 0.25) is 0 Å². The minimum atomic E-state index is -0.431. The van der Waals surface area contributed by atoms with Crippen LogP contribution >= 0.6 is 0 Å². The van der Waals surface area contributed by atoms with Gasteiger partial charge in [-0.1, -0.05) is 19.3 Å². The van der Waals surface area contributed by atoms with Gasteiger partial charge in [-0.15, -0.1) is 0 Å². The van der Waals surface area contributed by atoms with Crippen molar-refractivity contribution in [2.24, 2.45) is 11.3 Å². The molecular formula is C18H30N2O3. The first kappa shape index (κ1) is 16.7. The van der Waals surface area contributed by atoms with Crippen LogP contribution in [0.5, 0.6) is 0 Å². The van der Waals surface area contributed by atoms with Crippen LogP contribution in [0.25, 0.3) is 0 Å². The van der Waals surface area contributed by atoms with Crippen molar-refractivity contribution < 1.29 is 14.3 Å². The molecule has 1 heterocycles. The molecule has 0 aromatic rings. The van der Waals surface area contributed by atoms with Gasteiger partial charge in [0.15, 0.2) is 0 Å². The maximum Gasteiger partial charge on any atom is 0.244 e. The molecule has 23 heavy (non-hydrogen) atoms. The van der Waals surface area contributed by atoms with Crippen LogP contribution in [0.4, 0.5) is 0 Å². The SMILES string of the molecule is C[C@H](NC(=O)CC1CCCCC1)C(=O)N1CCOCC2(CC2)C1. The largest absolute Gasteiger partial charge is 0.379 e. The molecule has 3 aliphatic rings. The van der Waals surface area contributed by atoms with Gasteiger partial charge in [-0.05, 0) is 38.5 Å². The molecule has 1 spiro atoms. The normalized spacial score (nSPS) is 25.7. The molecule has 0 aromatic heterocycles. The fraction of sp³-hybridized carbons (Fsp3) is 0.889. The molecule has 1 atom stereocenters. The van der Waals surface area contributed by atoms with E-state index in [0.29, 0.717) is 25.5 Å². The van der Waals surface area contributed by atoms with Crippen LogP contribution in [0.3, 0.4) is 0 Å². The van der Waals surface area contributed by atoms with E-state index in [1.807, 2.05) is 11.8 Å². The lowest BCUT2D eigenvalue weighted by Crippen LogP contribution is -2.49. The van der Waals surface area contributed by atoms with Crippen molar-refractivity contribution in [3.8, 4) is 0 Å². The van der Waals surface area contributed by atoms with Crippen molar-refractivity contribution in [3.63, 3.8) is 0 Å². The van der Waals surface area contributed by atoms with Crippen LogP contribution in [0.1, 0.15) is 58.3 Å². The molecule has 0 unspecified atom stereocenters. The van der Waals surface area contributed by atoms with E-state index in [1.165, 1.54) is 19.3 Å². The first-order valence-corrected chi connectivity index (χ1v) is 9.24. The highest BCUT2D eigenvalue weighted by molar-refractivity contribution is 5.87. The molecule has 1 N–H and O–H groups in total. The second-order valence-corrected chi connectivity index (χ2v) is 7.81. The lowest BCUT2D eigenvalue weighted by atomic mass is 9.87. The lowest BCUT2D eigenvalue weighted by Gasteiger charge is -2.27. The highest BCUT2D eigenvalue weighted by Gasteiger charge is 2.46. The quantitative estimate of drug-likeness (QED) is 0.862. The predicted molar refractivity (Wildman–Crippen MR) is 87.9 cm³/mol. The van der Waals surface area contributed by atoms with Gasteiger partial charge in [-0.2, -0.15) is 0 Å². The molecule has 5 nitrogen and oxygen atoms in total. The first-order chi connectivity index (χ1) is 11.1. The third kappa shape index (κ3) is 4.46. The predicted octanol–water partition coefficient (Wildman–Crippen LogP) is 2.10. The molecule has 2 saturated carbocycles. The number of nitrogens with one attached hydrogen (secondary N) is 1. The second kappa shape index (κ2) is 7.20. The van der Waals surface area contributed by atoms with Crippen LogP contribution in [-0.4, -0.2) is 49.1 Å². The van der Waals surface area contributed by atoms with Crippen LogP contribution in [-0.2, 0) is 14.3 Å². The monoisotopic (exact) mass is 322 g/mol. The average molecular weight is 322 g/mol. The molecule has 1 aliphatic heterocycles. The summed E-state index contributed by atoms with van der Waals surface area (Å²) in [5.41, 5.74) is 0.206. The third-order valence-electron chi connectivity index (χ3n) is 5.66. The number of rotatable bonds is 4. The summed E-state index contributed by atoms with van der Waals surface area (Å²) in [5.74, 6) is 0.580. The van der Waals surface area contributed by atoms with Crippen molar-refractivity contribution >= 4 is 11.8 Å². The number of hydrogen-bond donors (Lipinski definition) is 1. The topological polar surface area (TPSA) is 58.6 Å². The number of nitrogens with zero attached hydrogens (tertiary/aromatic N) is 1. The molecule has 0 radical (unpaired) electrons. The van der Waals surface area contributed by atoms with E-state index in [4.69, 9.17) is 4.74 Å². The van der Waals surface area contributed by atoms with Gasteiger partial charge in [-0.25, -0.2) is 0 Å². The van der Waals surface area contributed by atoms with Gasteiger partial charge in [-0.3, -0.25) is 9.59 Å². The average Bonchev–Trinajstić information content (AvgIpc) is 3.34. The number of ether oxygens (including phenoxy) is 1. The lowest BCUT2D eigenvalue weighted by molar-refractivity contribution is -0.136. The summed E-state index contributed by atoms with van der Waals surface area (Å²) in [6.45, 7) is 4.62. The molecule has 0 aromatic carbocycles. The Morgan fingerprint density at radius 1 is 1.26 bits per heavy atom. The van der Waals surface area contributed by atoms with Crippen molar-refractivity contribution in [1.82, 2.24) is 10.2 Å². The van der Waals surface area contributed by atoms with E-state index in [1.54, 1.807) is 0 Å². The van der Waals surface area contributed by atoms with Crippen LogP contribution < -0.4 is 5.32 Å². The van der Waals surface area contributed by atoms with Crippen LogP contribution in [0, 0.1) is 11.3 Å². The number of amides is 2. The standard InChI is InChI=1S/C18H30N2O3/c1-14(19-16(21)11-15-5-3-2-4-6-15)17(22)20-9-10-23-13-18(12-20)7-8-18/h14-15H,2-13H2,1H3,(H,19,21)/t14-/m0/s1. The molecule has 2 aliphatic carbocycles. The van der Waals surface area contributed by atoms with E-state index in [0.717, 1.165) is 38.8 Å². The Balaban J connectivity index is 1.47. The molecule has 130 valence electrons. The second-order valence-electron chi connectivity index (χ2n) is 7.81. The molecule has 2 amide bonds. The Kier molecular flexibility index (Phi) is 5.24. The molecule has 1 saturated heterocycles. The summed E-state index contributed by atoms with van der Waals surface area (Å²) < 4.78 is 5.63. The highest BCUT2D eigenvalue weighted by Crippen LogP contribution is 2.47. The van der Waals surface area contributed by atoms with Gasteiger partial charge >= 0.3 is 0 Å². The van der Waals surface area contributed by atoms with Gasteiger partial charge in [0.2, 0.25) is 11.8 Å².